The van der Waals surface area contributed by atoms with E-state index in [-0.39, 0.29) is 35.8 Å². The number of aryl methyl sites for hydroxylation is 1. The second kappa shape index (κ2) is 7.94. The van der Waals surface area contributed by atoms with E-state index < -0.39 is 0 Å². The molecule has 2 rings (SSSR count). The summed E-state index contributed by atoms with van der Waals surface area (Å²) in [5, 5.41) is 10.7. The molecule has 0 saturated carbocycles. The molecule has 1 aromatic rings. The van der Waals surface area contributed by atoms with E-state index in [2.05, 4.69) is 36.5 Å². The average molecular weight is 331 g/mol. The van der Waals surface area contributed by atoms with Crippen LogP contribution in [-0.2, 0) is 16.6 Å². The highest BCUT2D eigenvalue weighted by Gasteiger charge is 2.29. The van der Waals surface area contributed by atoms with Crippen LogP contribution >= 0.6 is 12.4 Å². The van der Waals surface area contributed by atoms with Gasteiger partial charge < -0.3 is 15.4 Å². The van der Waals surface area contributed by atoms with Crippen molar-refractivity contribution in [1.82, 2.24) is 20.4 Å². The highest BCUT2D eigenvalue weighted by atomic mass is 35.5. The molecule has 2 heterocycles. The van der Waals surface area contributed by atoms with Crippen molar-refractivity contribution in [3.63, 3.8) is 0 Å². The van der Waals surface area contributed by atoms with Gasteiger partial charge in [-0.2, -0.15) is 5.10 Å². The number of carbonyl (C=O) groups is 1. The van der Waals surface area contributed by atoms with E-state index in [1.807, 2.05) is 19.4 Å². The van der Waals surface area contributed by atoms with Gasteiger partial charge in [-0.1, -0.05) is 20.8 Å². The maximum atomic E-state index is 12.3. The number of hydrogen-bond acceptors (Lipinski definition) is 4. The third-order valence-electron chi connectivity index (χ3n) is 3.66. The van der Waals surface area contributed by atoms with Gasteiger partial charge in [0.25, 0.3) is 0 Å². The summed E-state index contributed by atoms with van der Waals surface area (Å²) >= 11 is 0. The first-order valence-electron chi connectivity index (χ1n) is 7.45. The van der Waals surface area contributed by atoms with Gasteiger partial charge in [-0.15, -0.1) is 12.4 Å². The van der Waals surface area contributed by atoms with Crippen LogP contribution in [0.25, 0.3) is 0 Å². The highest BCUT2D eigenvalue weighted by Crippen LogP contribution is 2.32. The Morgan fingerprint density at radius 1 is 1.59 bits per heavy atom. The van der Waals surface area contributed by atoms with Gasteiger partial charge in [0.05, 0.1) is 25.5 Å². The van der Waals surface area contributed by atoms with E-state index in [0.29, 0.717) is 13.0 Å². The van der Waals surface area contributed by atoms with Crippen LogP contribution in [0.4, 0.5) is 0 Å². The fraction of sp³-hybridized carbons (Fsp3) is 0.733. The third kappa shape index (κ3) is 5.26. The predicted molar refractivity (Wildman–Crippen MR) is 88.0 cm³/mol. The lowest BCUT2D eigenvalue weighted by Crippen LogP contribution is -2.45. The predicted octanol–water partition coefficient (Wildman–Crippen LogP) is 1.42. The van der Waals surface area contributed by atoms with Crippen molar-refractivity contribution in [2.24, 2.45) is 12.5 Å². The van der Waals surface area contributed by atoms with Crippen molar-refractivity contribution in [2.75, 3.05) is 19.8 Å². The van der Waals surface area contributed by atoms with E-state index in [1.54, 1.807) is 4.68 Å². The number of nitrogens with zero attached hydrogens (tertiary/aromatic N) is 2. The molecule has 1 saturated heterocycles. The number of halogens is 1. The molecule has 126 valence electrons. The van der Waals surface area contributed by atoms with Crippen LogP contribution in [0, 0.1) is 5.41 Å². The van der Waals surface area contributed by atoms with Crippen molar-refractivity contribution < 1.29 is 9.53 Å². The highest BCUT2D eigenvalue weighted by molar-refractivity contribution is 5.85. The summed E-state index contributed by atoms with van der Waals surface area (Å²) in [6.45, 7) is 8.48. The van der Waals surface area contributed by atoms with Crippen molar-refractivity contribution in [2.45, 2.75) is 39.3 Å². The summed E-state index contributed by atoms with van der Waals surface area (Å²) < 4.78 is 7.15. The normalized spacial score (nSPS) is 20.1. The Kier molecular flexibility index (Phi) is 6.84. The van der Waals surface area contributed by atoms with Gasteiger partial charge >= 0.3 is 0 Å². The molecule has 6 nitrogen and oxygen atoms in total. The second-order valence-corrected chi connectivity index (χ2v) is 6.74. The van der Waals surface area contributed by atoms with Crippen molar-refractivity contribution in [1.29, 1.82) is 0 Å². The van der Waals surface area contributed by atoms with Crippen molar-refractivity contribution in [3.8, 4) is 0 Å². The molecular formula is C15H27ClN4O2. The Bertz CT molecular complexity index is 478. The van der Waals surface area contributed by atoms with Gasteiger partial charge in [-0.3, -0.25) is 9.48 Å². The zero-order valence-electron chi connectivity index (χ0n) is 13.8. The molecule has 1 aromatic heterocycles. The van der Waals surface area contributed by atoms with E-state index in [1.165, 1.54) is 0 Å². The van der Waals surface area contributed by atoms with Crippen LogP contribution in [0.15, 0.2) is 12.4 Å². The summed E-state index contributed by atoms with van der Waals surface area (Å²) in [6, 6.07) is 0.0523. The lowest BCUT2D eigenvalue weighted by Gasteiger charge is -2.32. The first kappa shape index (κ1) is 18.9. The Morgan fingerprint density at radius 3 is 2.82 bits per heavy atom. The van der Waals surface area contributed by atoms with Gasteiger partial charge in [-0.05, 0) is 5.41 Å². The maximum Gasteiger partial charge on any atom is 0.222 e. The molecule has 1 aliphatic rings. The summed E-state index contributed by atoms with van der Waals surface area (Å²) in [5.74, 6) is 0.0433. The second-order valence-electron chi connectivity index (χ2n) is 6.74. The fourth-order valence-corrected chi connectivity index (χ4v) is 2.58. The fourth-order valence-electron chi connectivity index (χ4n) is 2.58. The van der Waals surface area contributed by atoms with Crippen LogP contribution < -0.4 is 10.6 Å². The van der Waals surface area contributed by atoms with Crippen LogP contribution in [0.3, 0.4) is 0 Å². The van der Waals surface area contributed by atoms with Gasteiger partial charge in [-0.25, -0.2) is 0 Å². The number of carbonyl (C=O) groups excluding carboxylic acids is 1. The number of ether oxygens (including phenoxy) is 1. The quantitative estimate of drug-likeness (QED) is 0.876. The van der Waals surface area contributed by atoms with E-state index in [9.17, 15) is 4.79 Å². The zero-order chi connectivity index (χ0) is 15.5. The minimum Gasteiger partial charge on any atom is -0.378 e. The molecule has 0 spiro atoms. The number of aromatic nitrogens is 2. The first-order chi connectivity index (χ1) is 9.86. The van der Waals surface area contributed by atoms with Crippen LogP contribution in [0.5, 0.6) is 0 Å². The Balaban J connectivity index is 0.00000242. The molecule has 1 fully saturated rings. The smallest absolute Gasteiger partial charge is 0.222 e. The minimum absolute atomic E-state index is 0. The Morgan fingerprint density at radius 2 is 2.32 bits per heavy atom. The molecular weight excluding hydrogens is 304 g/mol. The lowest BCUT2D eigenvalue weighted by molar-refractivity contribution is -0.123. The topological polar surface area (TPSA) is 68.2 Å². The van der Waals surface area contributed by atoms with E-state index in [4.69, 9.17) is 4.74 Å². The van der Waals surface area contributed by atoms with Gasteiger partial charge in [0.15, 0.2) is 0 Å². The molecule has 2 unspecified atom stereocenters. The van der Waals surface area contributed by atoms with Crippen LogP contribution in [0.2, 0.25) is 0 Å². The standard InChI is InChI=1S/C15H26N4O2.ClH/c1-15(2,3)14(11-8-17-19(4)9-11)18-13(20)7-12-10-21-6-5-16-12;/h8-9,12,14,16H,5-7,10H2,1-4H3,(H,18,20);1H. The summed E-state index contributed by atoms with van der Waals surface area (Å²) in [4.78, 5) is 12.3. The monoisotopic (exact) mass is 330 g/mol. The average Bonchev–Trinajstić information content (AvgIpc) is 2.82. The number of rotatable bonds is 4. The van der Waals surface area contributed by atoms with Gasteiger partial charge in [0, 0.05) is 37.8 Å². The summed E-state index contributed by atoms with van der Waals surface area (Å²) in [7, 11) is 1.88. The van der Waals surface area contributed by atoms with Crippen molar-refractivity contribution in [3.05, 3.63) is 18.0 Å². The molecule has 2 N–H and O–H groups in total. The molecule has 1 amide bonds. The summed E-state index contributed by atoms with van der Waals surface area (Å²) in [5.41, 5.74) is 0.959. The Labute approximate surface area is 138 Å². The molecule has 7 heteroatoms. The molecule has 0 radical (unpaired) electrons. The van der Waals surface area contributed by atoms with Crippen LogP contribution in [-0.4, -0.2) is 41.5 Å². The molecule has 22 heavy (non-hydrogen) atoms. The number of morpholine rings is 1. The van der Waals surface area contributed by atoms with Gasteiger partial charge in [0.2, 0.25) is 5.91 Å². The molecule has 1 aliphatic heterocycles. The molecule has 2 atom stereocenters. The Hall–Kier alpha value is -1.11. The third-order valence-corrected chi connectivity index (χ3v) is 3.66. The van der Waals surface area contributed by atoms with E-state index in [0.717, 1.165) is 18.7 Å². The number of hydrogen-bond donors (Lipinski definition) is 2. The number of amides is 1. The molecule has 0 bridgehead atoms. The molecule has 0 aliphatic carbocycles. The zero-order valence-corrected chi connectivity index (χ0v) is 14.6. The number of nitrogens with one attached hydrogen (secondary N) is 2. The summed E-state index contributed by atoms with van der Waals surface area (Å²) in [6.07, 6.45) is 4.21. The maximum absolute atomic E-state index is 12.3. The van der Waals surface area contributed by atoms with Crippen LogP contribution in [0.1, 0.15) is 38.8 Å². The molecule has 0 aromatic carbocycles. The van der Waals surface area contributed by atoms with Crippen molar-refractivity contribution >= 4 is 18.3 Å². The largest absolute Gasteiger partial charge is 0.378 e. The lowest BCUT2D eigenvalue weighted by atomic mass is 9.83. The minimum atomic E-state index is -0.0742. The SMILES string of the molecule is Cl.Cn1cc(C(NC(=O)CC2COCCN2)C(C)(C)C)cn1. The van der Waals surface area contributed by atoms with E-state index >= 15 is 0 Å². The van der Waals surface area contributed by atoms with Gasteiger partial charge in [0.1, 0.15) is 0 Å². The first-order valence-corrected chi connectivity index (χ1v) is 7.45.